The fourth-order valence-electron chi connectivity index (χ4n) is 2.71. The Hall–Kier alpha value is -2.38. The largest absolute Gasteiger partial charge is 0.503 e. The highest BCUT2D eigenvalue weighted by Gasteiger charge is 2.12. The summed E-state index contributed by atoms with van der Waals surface area (Å²) in [6, 6.07) is 11.4. The van der Waals surface area contributed by atoms with Crippen LogP contribution in [0.15, 0.2) is 40.9 Å². The summed E-state index contributed by atoms with van der Waals surface area (Å²) in [4.78, 5) is 15.6. The third-order valence-electron chi connectivity index (χ3n) is 4.02. The van der Waals surface area contributed by atoms with Gasteiger partial charge in [-0.1, -0.05) is 12.1 Å². The van der Waals surface area contributed by atoms with Crippen LogP contribution in [0.1, 0.15) is 29.8 Å². The van der Waals surface area contributed by atoms with Crippen molar-refractivity contribution in [3.63, 3.8) is 0 Å². The number of phenols is 1. The molecule has 0 unspecified atom stereocenters. The van der Waals surface area contributed by atoms with Crippen molar-refractivity contribution in [1.82, 2.24) is 4.98 Å². The smallest absolute Gasteiger partial charge is 0.303 e. The minimum atomic E-state index is -0.812. The van der Waals surface area contributed by atoms with Crippen LogP contribution in [0.3, 0.4) is 0 Å². The zero-order valence-corrected chi connectivity index (χ0v) is 17.0. The Morgan fingerprint density at radius 1 is 1.30 bits per heavy atom. The van der Waals surface area contributed by atoms with Gasteiger partial charge in [-0.3, -0.25) is 4.79 Å². The van der Waals surface area contributed by atoms with Gasteiger partial charge in [-0.15, -0.1) is 11.3 Å². The molecule has 0 atom stereocenters. The summed E-state index contributed by atoms with van der Waals surface area (Å²) in [5.74, 6) is -0.403. The first-order valence-corrected chi connectivity index (χ1v) is 9.93. The summed E-state index contributed by atoms with van der Waals surface area (Å²) in [6.07, 6.45) is 3.18. The van der Waals surface area contributed by atoms with Gasteiger partial charge in [-0.05, 0) is 70.2 Å². The summed E-state index contributed by atoms with van der Waals surface area (Å²) in [6.45, 7) is 0. The summed E-state index contributed by atoms with van der Waals surface area (Å²) < 4.78 is 6.83. The lowest BCUT2D eigenvalue weighted by molar-refractivity contribution is -0.137. The van der Waals surface area contributed by atoms with Gasteiger partial charge in [-0.2, -0.15) is 0 Å². The van der Waals surface area contributed by atoms with Crippen LogP contribution in [-0.2, 0) is 4.79 Å². The second-order valence-corrected chi connectivity index (χ2v) is 7.84. The third kappa shape index (κ3) is 4.67. The van der Waals surface area contributed by atoms with Crippen LogP contribution in [0.25, 0.3) is 21.9 Å². The zero-order chi connectivity index (χ0) is 19.4. The molecule has 0 amide bonds. The number of phenolic OH excluding ortho intramolecular Hbond substituents is 1. The molecule has 27 heavy (non-hydrogen) atoms. The lowest BCUT2D eigenvalue weighted by Crippen LogP contribution is -1.95. The number of methoxy groups -OCH3 is 1. The maximum absolute atomic E-state index is 10.9. The predicted octanol–water partition coefficient (Wildman–Crippen LogP) is 5.57. The fourth-order valence-corrected chi connectivity index (χ4v) is 4.18. The number of halogens is 1. The molecule has 2 N–H and O–H groups in total. The Kier molecular flexibility index (Phi) is 6.13. The van der Waals surface area contributed by atoms with Crippen molar-refractivity contribution in [3.05, 3.63) is 51.4 Å². The molecule has 0 fully saturated rings. The van der Waals surface area contributed by atoms with E-state index in [1.807, 2.05) is 30.3 Å². The Bertz CT molecular complexity index is 979. The van der Waals surface area contributed by atoms with E-state index in [-0.39, 0.29) is 12.2 Å². The standard InChI is InChI=1S/C20H18BrNO4S/c1-26-16-11-12(10-14(21)19(16)25)9-13(5-4-8-18(23)24)20-22-15-6-2-3-7-17(15)27-20/h2-3,6-7,9-11,25H,4-5,8H2,1H3,(H,23,24). The van der Waals surface area contributed by atoms with Crippen molar-refractivity contribution in [3.8, 4) is 11.5 Å². The molecular weight excluding hydrogens is 430 g/mol. The van der Waals surface area contributed by atoms with E-state index in [2.05, 4.69) is 15.9 Å². The van der Waals surface area contributed by atoms with Crippen molar-refractivity contribution < 1.29 is 19.7 Å². The van der Waals surface area contributed by atoms with Crippen LogP contribution in [0.5, 0.6) is 11.5 Å². The minimum absolute atomic E-state index is 0.0436. The molecule has 1 heterocycles. The van der Waals surface area contributed by atoms with E-state index in [4.69, 9.17) is 14.8 Å². The normalized spacial score (nSPS) is 11.7. The van der Waals surface area contributed by atoms with Gasteiger partial charge >= 0.3 is 5.97 Å². The Balaban J connectivity index is 2.02. The number of benzene rings is 2. The Morgan fingerprint density at radius 3 is 2.78 bits per heavy atom. The number of rotatable bonds is 7. The SMILES string of the molecule is COc1cc(C=C(CCCC(=O)O)c2nc3ccccc3s2)cc(Br)c1O. The number of carboxylic acids is 1. The number of aromatic nitrogens is 1. The van der Waals surface area contributed by atoms with Gasteiger partial charge in [0.1, 0.15) is 5.01 Å². The van der Waals surface area contributed by atoms with Gasteiger partial charge in [0.25, 0.3) is 0 Å². The number of aromatic hydroxyl groups is 1. The number of aliphatic carboxylic acids is 1. The summed E-state index contributed by atoms with van der Waals surface area (Å²) in [7, 11) is 1.50. The Morgan fingerprint density at radius 2 is 2.07 bits per heavy atom. The molecule has 7 heteroatoms. The lowest BCUT2D eigenvalue weighted by Gasteiger charge is -2.08. The summed E-state index contributed by atoms with van der Waals surface area (Å²) >= 11 is 4.92. The molecular formula is C20H18BrNO4S. The van der Waals surface area contributed by atoms with Crippen LogP contribution < -0.4 is 4.74 Å². The molecule has 1 aromatic heterocycles. The number of thiazole rings is 1. The van der Waals surface area contributed by atoms with E-state index >= 15 is 0 Å². The maximum Gasteiger partial charge on any atom is 0.303 e. The van der Waals surface area contributed by atoms with Gasteiger partial charge in [0.2, 0.25) is 0 Å². The van der Waals surface area contributed by atoms with Gasteiger partial charge in [0.05, 0.1) is 21.8 Å². The molecule has 0 radical (unpaired) electrons. The third-order valence-corrected chi connectivity index (χ3v) is 5.73. The predicted molar refractivity (Wildman–Crippen MR) is 111 cm³/mol. The van der Waals surface area contributed by atoms with Crippen molar-refractivity contribution in [1.29, 1.82) is 0 Å². The van der Waals surface area contributed by atoms with Gasteiger partial charge in [-0.25, -0.2) is 4.98 Å². The van der Waals surface area contributed by atoms with Crippen LogP contribution in [-0.4, -0.2) is 28.3 Å². The highest BCUT2D eigenvalue weighted by atomic mass is 79.9. The maximum atomic E-state index is 10.9. The highest BCUT2D eigenvalue weighted by molar-refractivity contribution is 9.10. The molecule has 2 aromatic carbocycles. The van der Waals surface area contributed by atoms with E-state index in [0.717, 1.165) is 26.4 Å². The van der Waals surface area contributed by atoms with Crippen LogP contribution in [0, 0.1) is 0 Å². The molecule has 0 aliphatic heterocycles. The van der Waals surface area contributed by atoms with Crippen molar-refractivity contribution >= 4 is 55.1 Å². The number of hydrogen-bond acceptors (Lipinski definition) is 5. The van der Waals surface area contributed by atoms with E-state index in [1.165, 1.54) is 7.11 Å². The molecule has 5 nitrogen and oxygen atoms in total. The molecule has 0 bridgehead atoms. The van der Waals surface area contributed by atoms with Crippen LogP contribution in [0.4, 0.5) is 0 Å². The van der Waals surface area contributed by atoms with Crippen molar-refractivity contribution in [2.75, 3.05) is 7.11 Å². The molecule has 0 saturated heterocycles. The number of carboxylic acid groups (broad SMARTS) is 1. The number of para-hydroxylation sites is 1. The summed E-state index contributed by atoms with van der Waals surface area (Å²) in [5.41, 5.74) is 2.71. The fraction of sp³-hybridized carbons (Fsp3) is 0.200. The van der Waals surface area contributed by atoms with E-state index in [1.54, 1.807) is 23.5 Å². The molecule has 0 aliphatic rings. The van der Waals surface area contributed by atoms with E-state index in [0.29, 0.717) is 23.1 Å². The number of nitrogens with zero attached hydrogens (tertiary/aromatic N) is 1. The molecule has 0 saturated carbocycles. The number of fused-ring (bicyclic) bond motifs is 1. The molecule has 140 valence electrons. The molecule has 0 spiro atoms. The number of hydrogen-bond donors (Lipinski definition) is 2. The van der Waals surface area contributed by atoms with Crippen molar-refractivity contribution in [2.45, 2.75) is 19.3 Å². The van der Waals surface area contributed by atoms with E-state index in [9.17, 15) is 9.90 Å². The summed E-state index contributed by atoms with van der Waals surface area (Å²) in [5, 5.41) is 19.8. The van der Waals surface area contributed by atoms with Gasteiger partial charge in [0, 0.05) is 6.42 Å². The number of carbonyl (C=O) groups is 1. The second kappa shape index (κ2) is 8.54. The topological polar surface area (TPSA) is 79.7 Å². The minimum Gasteiger partial charge on any atom is -0.503 e. The van der Waals surface area contributed by atoms with Gasteiger partial charge in [0.15, 0.2) is 11.5 Å². The van der Waals surface area contributed by atoms with E-state index < -0.39 is 5.97 Å². The number of ether oxygens (including phenoxy) is 1. The first kappa shape index (κ1) is 19.4. The van der Waals surface area contributed by atoms with Gasteiger partial charge < -0.3 is 14.9 Å². The zero-order valence-electron chi connectivity index (χ0n) is 14.6. The van der Waals surface area contributed by atoms with Crippen LogP contribution >= 0.6 is 27.3 Å². The molecule has 0 aliphatic carbocycles. The highest BCUT2D eigenvalue weighted by Crippen LogP contribution is 2.37. The number of allylic oxidation sites excluding steroid dienone is 1. The van der Waals surface area contributed by atoms with Crippen LogP contribution in [0.2, 0.25) is 0 Å². The molecule has 3 rings (SSSR count). The Labute approximate surface area is 169 Å². The monoisotopic (exact) mass is 447 g/mol. The quantitative estimate of drug-likeness (QED) is 0.494. The first-order valence-electron chi connectivity index (χ1n) is 8.32. The first-order chi connectivity index (χ1) is 13.0. The molecule has 3 aromatic rings. The second-order valence-electron chi connectivity index (χ2n) is 5.96. The average Bonchev–Trinajstić information content (AvgIpc) is 3.07. The average molecular weight is 448 g/mol. The van der Waals surface area contributed by atoms with Crippen molar-refractivity contribution in [2.24, 2.45) is 0 Å². The lowest BCUT2D eigenvalue weighted by atomic mass is 10.0.